The highest BCUT2D eigenvalue weighted by Crippen LogP contribution is 2.25. The number of carbonyl (C=O) groups excluding carboxylic acids is 1. The highest BCUT2D eigenvalue weighted by Gasteiger charge is 2.29. The molecule has 2 heterocycles. The fourth-order valence-corrected chi connectivity index (χ4v) is 2.86. The van der Waals surface area contributed by atoms with Gasteiger partial charge in [-0.1, -0.05) is 20.3 Å². The van der Waals surface area contributed by atoms with Gasteiger partial charge in [-0.2, -0.15) is 5.10 Å². The third-order valence-electron chi connectivity index (χ3n) is 3.95. The van der Waals surface area contributed by atoms with E-state index >= 15 is 0 Å². The SMILES string of the molecule is CCCC1CCCCN1C(=O)c1n[nH]c(CC)c1N. The number of rotatable bonds is 4. The van der Waals surface area contributed by atoms with Gasteiger partial charge in [0.15, 0.2) is 5.69 Å². The van der Waals surface area contributed by atoms with Crippen LogP contribution in [0, 0.1) is 0 Å². The fraction of sp³-hybridized carbons (Fsp3) is 0.714. The maximum absolute atomic E-state index is 12.6. The number of nitrogens with zero attached hydrogens (tertiary/aromatic N) is 2. The van der Waals surface area contributed by atoms with Crippen LogP contribution in [0.15, 0.2) is 0 Å². The molecule has 1 amide bonds. The molecule has 19 heavy (non-hydrogen) atoms. The van der Waals surface area contributed by atoms with Crippen molar-refractivity contribution in [2.24, 2.45) is 0 Å². The number of likely N-dealkylation sites (tertiary alicyclic amines) is 1. The molecule has 1 saturated heterocycles. The van der Waals surface area contributed by atoms with Crippen LogP contribution >= 0.6 is 0 Å². The normalized spacial score (nSPS) is 19.7. The first-order chi connectivity index (χ1) is 9.19. The lowest BCUT2D eigenvalue weighted by Gasteiger charge is -2.35. The third-order valence-corrected chi connectivity index (χ3v) is 3.95. The van der Waals surface area contributed by atoms with Crippen LogP contribution in [0.5, 0.6) is 0 Å². The van der Waals surface area contributed by atoms with Crippen LogP contribution in [0.4, 0.5) is 5.69 Å². The molecule has 5 nitrogen and oxygen atoms in total. The van der Waals surface area contributed by atoms with Gasteiger partial charge in [-0.25, -0.2) is 0 Å². The summed E-state index contributed by atoms with van der Waals surface area (Å²) >= 11 is 0. The molecule has 1 aliphatic rings. The van der Waals surface area contributed by atoms with E-state index in [-0.39, 0.29) is 5.91 Å². The van der Waals surface area contributed by atoms with Gasteiger partial charge in [-0.15, -0.1) is 0 Å². The Morgan fingerprint density at radius 3 is 2.89 bits per heavy atom. The van der Waals surface area contributed by atoms with E-state index in [0.717, 1.165) is 44.3 Å². The molecule has 0 spiro atoms. The summed E-state index contributed by atoms with van der Waals surface area (Å²) in [4.78, 5) is 14.6. The first kappa shape index (κ1) is 13.9. The molecular formula is C14H24N4O. The van der Waals surface area contributed by atoms with Crippen molar-refractivity contribution in [3.63, 3.8) is 0 Å². The van der Waals surface area contributed by atoms with Gasteiger partial charge in [0, 0.05) is 12.6 Å². The summed E-state index contributed by atoms with van der Waals surface area (Å²) in [5.41, 5.74) is 7.78. The molecule has 5 heteroatoms. The van der Waals surface area contributed by atoms with Crippen molar-refractivity contribution in [1.29, 1.82) is 0 Å². The van der Waals surface area contributed by atoms with E-state index in [0.29, 0.717) is 17.4 Å². The maximum Gasteiger partial charge on any atom is 0.276 e. The molecule has 1 aromatic heterocycles. The topological polar surface area (TPSA) is 75.0 Å². The molecule has 0 radical (unpaired) electrons. The minimum absolute atomic E-state index is 0.00778. The van der Waals surface area contributed by atoms with Gasteiger partial charge >= 0.3 is 0 Å². The monoisotopic (exact) mass is 264 g/mol. The number of amides is 1. The summed E-state index contributed by atoms with van der Waals surface area (Å²) in [6.45, 7) is 4.99. The zero-order valence-electron chi connectivity index (χ0n) is 11.9. The van der Waals surface area contributed by atoms with Crippen molar-refractivity contribution in [3.05, 3.63) is 11.4 Å². The number of nitrogen functional groups attached to an aromatic ring is 1. The van der Waals surface area contributed by atoms with Crippen molar-refractivity contribution in [1.82, 2.24) is 15.1 Å². The van der Waals surface area contributed by atoms with Gasteiger partial charge in [-0.05, 0) is 32.1 Å². The van der Waals surface area contributed by atoms with Crippen molar-refractivity contribution >= 4 is 11.6 Å². The summed E-state index contributed by atoms with van der Waals surface area (Å²) in [5, 5.41) is 6.98. The quantitative estimate of drug-likeness (QED) is 0.876. The van der Waals surface area contributed by atoms with E-state index in [1.54, 1.807) is 0 Å². The predicted octanol–water partition coefficient (Wildman–Crippen LogP) is 2.35. The molecular weight excluding hydrogens is 240 g/mol. The van der Waals surface area contributed by atoms with Gasteiger partial charge in [0.05, 0.1) is 11.4 Å². The average molecular weight is 264 g/mol. The lowest BCUT2D eigenvalue weighted by molar-refractivity contribution is 0.0595. The van der Waals surface area contributed by atoms with Gasteiger partial charge < -0.3 is 10.6 Å². The molecule has 106 valence electrons. The Labute approximate surface area is 114 Å². The van der Waals surface area contributed by atoms with Crippen LogP contribution in [0.3, 0.4) is 0 Å². The Balaban J connectivity index is 2.18. The number of anilines is 1. The summed E-state index contributed by atoms with van der Waals surface area (Å²) in [6.07, 6.45) is 6.33. The molecule has 2 rings (SSSR count). The number of piperidine rings is 1. The van der Waals surface area contributed by atoms with Gasteiger partial charge in [0.2, 0.25) is 0 Å². The zero-order chi connectivity index (χ0) is 13.8. The number of carbonyl (C=O) groups is 1. The number of aromatic nitrogens is 2. The lowest BCUT2D eigenvalue weighted by atomic mass is 9.97. The van der Waals surface area contributed by atoms with E-state index in [1.165, 1.54) is 6.42 Å². The fourth-order valence-electron chi connectivity index (χ4n) is 2.86. The molecule has 0 aliphatic carbocycles. The summed E-state index contributed by atoms with van der Waals surface area (Å²) in [5.74, 6) is -0.00778. The Bertz CT molecular complexity index is 439. The van der Waals surface area contributed by atoms with Crippen LogP contribution in [0.2, 0.25) is 0 Å². The van der Waals surface area contributed by atoms with Crippen LogP contribution in [0.25, 0.3) is 0 Å². The van der Waals surface area contributed by atoms with Gasteiger partial charge in [0.1, 0.15) is 0 Å². The smallest absolute Gasteiger partial charge is 0.276 e. The van der Waals surface area contributed by atoms with E-state index in [4.69, 9.17) is 5.73 Å². The van der Waals surface area contributed by atoms with E-state index in [9.17, 15) is 4.79 Å². The van der Waals surface area contributed by atoms with Crippen molar-refractivity contribution < 1.29 is 4.79 Å². The summed E-state index contributed by atoms with van der Waals surface area (Å²) < 4.78 is 0. The highest BCUT2D eigenvalue weighted by atomic mass is 16.2. The Morgan fingerprint density at radius 2 is 2.26 bits per heavy atom. The van der Waals surface area contributed by atoms with Crippen LogP contribution < -0.4 is 5.73 Å². The summed E-state index contributed by atoms with van der Waals surface area (Å²) in [6, 6.07) is 0.354. The first-order valence-corrected chi connectivity index (χ1v) is 7.32. The number of aromatic amines is 1. The van der Waals surface area contributed by atoms with Crippen molar-refractivity contribution in [3.8, 4) is 0 Å². The standard InChI is InChI=1S/C14H24N4O/c1-3-7-10-8-5-6-9-18(10)14(19)13-12(15)11(4-2)16-17-13/h10H,3-9,15H2,1-2H3,(H,16,17). The van der Waals surface area contributed by atoms with E-state index in [2.05, 4.69) is 17.1 Å². The Hall–Kier alpha value is -1.52. The Kier molecular flexibility index (Phi) is 4.45. The van der Waals surface area contributed by atoms with Crippen LogP contribution in [0.1, 0.15) is 62.1 Å². The second-order valence-electron chi connectivity index (χ2n) is 5.25. The largest absolute Gasteiger partial charge is 0.395 e. The highest BCUT2D eigenvalue weighted by molar-refractivity contribution is 5.97. The van der Waals surface area contributed by atoms with Crippen molar-refractivity contribution in [2.75, 3.05) is 12.3 Å². The van der Waals surface area contributed by atoms with Crippen molar-refractivity contribution in [2.45, 2.75) is 58.4 Å². The zero-order valence-corrected chi connectivity index (χ0v) is 11.9. The number of hydrogen-bond donors (Lipinski definition) is 2. The minimum Gasteiger partial charge on any atom is -0.395 e. The number of nitrogens with one attached hydrogen (secondary N) is 1. The van der Waals surface area contributed by atoms with Crippen LogP contribution in [-0.2, 0) is 6.42 Å². The molecule has 1 unspecified atom stereocenters. The van der Waals surface area contributed by atoms with Gasteiger partial charge in [-0.3, -0.25) is 9.89 Å². The minimum atomic E-state index is -0.00778. The molecule has 0 aromatic carbocycles. The molecule has 1 aliphatic heterocycles. The number of nitrogens with two attached hydrogens (primary N) is 1. The molecule has 1 atom stereocenters. The number of aryl methyl sites for hydroxylation is 1. The second kappa shape index (κ2) is 6.08. The third kappa shape index (κ3) is 2.74. The molecule has 1 aromatic rings. The molecule has 1 fully saturated rings. The average Bonchev–Trinajstić information content (AvgIpc) is 2.80. The predicted molar refractivity (Wildman–Crippen MR) is 76.0 cm³/mol. The summed E-state index contributed by atoms with van der Waals surface area (Å²) in [7, 11) is 0. The molecule has 0 bridgehead atoms. The molecule has 0 saturated carbocycles. The number of H-pyrrole nitrogens is 1. The van der Waals surface area contributed by atoms with E-state index in [1.807, 2.05) is 11.8 Å². The number of hydrogen-bond acceptors (Lipinski definition) is 3. The first-order valence-electron chi connectivity index (χ1n) is 7.32. The van der Waals surface area contributed by atoms with E-state index < -0.39 is 0 Å². The molecule has 3 N–H and O–H groups in total. The van der Waals surface area contributed by atoms with Crippen LogP contribution in [-0.4, -0.2) is 33.6 Å². The Morgan fingerprint density at radius 1 is 1.47 bits per heavy atom. The second-order valence-corrected chi connectivity index (χ2v) is 5.25. The van der Waals surface area contributed by atoms with Gasteiger partial charge in [0.25, 0.3) is 5.91 Å². The lowest BCUT2D eigenvalue weighted by Crippen LogP contribution is -2.44. The maximum atomic E-state index is 12.6.